The summed E-state index contributed by atoms with van der Waals surface area (Å²) in [6.07, 6.45) is 1.43. The molecule has 106 valence electrons. The number of ether oxygens (including phenoxy) is 1. The van der Waals surface area contributed by atoms with E-state index in [0.29, 0.717) is 11.4 Å². The van der Waals surface area contributed by atoms with Gasteiger partial charge in [0.15, 0.2) is 0 Å². The average molecular weight is 313 g/mol. The molecule has 0 fully saturated rings. The third-order valence-electron chi connectivity index (χ3n) is 2.66. The Labute approximate surface area is 122 Å². The highest BCUT2D eigenvalue weighted by atomic mass is 35.5. The minimum atomic E-state index is -3.67. The molecule has 1 aromatic carbocycles. The van der Waals surface area contributed by atoms with E-state index in [2.05, 4.69) is 9.71 Å². The number of nitrogens with one attached hydrogen (secondary N) is 1. The standard InChI is InChI=1S/C13H13ClN2O3S/c1-9-7-11(3-4-12(9)19-2)20(17,18)16-10-5-6-15-13(14)8-10/h3-8H,1-2H3,(H,15,16). The van der Waals surface area contributed by atoms with E-state index in [1.54, 1.807) is 19.1 Å². The summed E-state index contributed by atoms with van der Waals surface area (Å²) in [6, 6.07) is 7.61. The number of halogens is 1. The zero-order chi connectivity index (χ0) is 14.8. The predicted octanol–water partition coefficient (Wildman–Crippen LogP) is 2.85. The Morgan fingerprint density at radius 1 is 1.25 bits per heavy atom. The molecule has 20 heavy (non-hydrogen) atoms. The first-order valence-corrected chi connectivity index (χ1v) is 7.57. The number of rotatable bonds is 4. The lowest BCUT2D eigenvalue weighted by Gasteiger charge is -2.10. The highest BCUT2D eigenvalue weighted by Gasteiger charge is 2.15. The molecule has 2 aromatic rings. The molecule has 1 heterocycles. The number of nitrogens with zero attached hydrogens (tertiary/aromatic N) is 1. The van der Waals surface area contributed by atoms with Crippen molar-refractivity contribution in [2.24, 2.45) is 0 Å². The minimum Gasteiger partial charge on any atom is -0.496 e. The minimum absolute atomic E-state index is 0.156. The maximum Gasteiger partial charge on any atom is 0.261 e. The number of anilines is 1. The molecule has 0 unspecified atom stereocenters. The number of hydrogen-bond donors (Lipinski definition) is 1. The third kappa shape index (κ3) is 3.20. The second-order valence-electron chi connectivity index (χ2n) is 4.10. The van der Waals surface area contributed by atoms with E-state index in [-0.39, 0.29) is 10.0 Å². The van der Waals surface area contributed by atoms with Crippen LogP contribution in [-0.4, -0.2) is 20.5 Å². The van der Waals surface area contributed by atoms with Crippen LogP contribution in [0.5, 0.6) is 5.75 Å². The smallest absolute Gasteiger partial charge is 0.261 e. The zero-order valence-electron chi connectivity index (χ0n) is 10.9. The Morgan fingerprint density at radius 2 is 2.00 bits per heavy atom. The fraction of sp³-hybridized carbons (Fsp3) is 0.154. The van der Waals surface area contributed by atoms with Crippen molar-refractivity contribution in [3.05, 3.63) is 47.2 Å². The van der Waals surface area contributed by atoms with Crippen molar-refractivity contribution in [3.8, 4) is 5.75 Å². The highest BCUT2D eigenvalue weighted by molar-refractivity contribution is 7.92. The summed E-state index contributed by atoms with van der Waals surface area (Å²) in [6.45, 7) is 1.78. The van der Waals surface area contributed by atoms with Crippen LogP contribution in [0.4, 0.5) is 5.69 Å². The largest absolute Gasteiger partial charge is 0.496 e. The molecule has 0 bridgehead atoms. The average Bonchev–Trinajstić information content (AvgIpc) is 2.38. The molecule has 0 aliphatic carbocycles. The van der Waals surface area contributed by atoms with Crippen LogP contribution < -0.4 is 9.46 Å². The molecule has 0 saturated carbocycles. The van der Waals surface area contributed by atoms with Gasteiger partial charge in [-0.1, -0.05) is 11.6 Å². The molecular formula is C13H13ClN2O3S. The number of aryl methyl sites for hydroxylation is 1. The molecule has 1 aromatic heterocycles. The van der Waals surface area contributed by atoms with E-state index in [0.717, 1.165) is 5.56 Å². The van der Waals surface area contributed by atoms with E-state index in [9.17, 15) is 8.42 Å². The maximum absolute atomic E-state index is 12.2. The number of hydrogen-bond acceptors (Lipinski definition) is 4. The van der Waals surface area contributed by atoms with E-state index in [4.69, 9.17) is 16.3 Å². The van der Waals surface area contributed by atoms with Crippen molar-refractivity contribution in [2.75, 3.05) is 11.8 Å². The number of aromatic nitrogens is 1. The van der Waals surface area contributed by atoms with Gasteiger partial charge < -0.3 is 4.74 Å². The second kappa shape index (κ2) is 5.68. The first-order chi connectivity index (χ1) is 9.42. The fourth-order valence-electron chi connectivity index (χ4n) is 1.70. The van der Waals surface area contributed by atoms with E-state index < -0.39 is 10.0 Å². The van der Waals surface area contributed by atoms with Gasteiger partial charge in [0, 0.05) is 6.20 Å². The molecule has 5 nitrogen and oxygen atoms in total. The summed E-state index contributed by atoms with van der Waals surface area (Å²) >= 11 is 5.72. The maximum atomic E-state index is 12.2. The van der Waals surface area contributed by atoms with Crippen LogP contribution in [0.25, 0.3) is 0 Å². The molecule has 2 rings (SSSR count). The second-order valence-corrected chi connectivity index (χ2v) is 6.17. The Balaban J connectivity index is 2.33. The van der Waals surface area contributed by atoms with Crippen LogP contribution in [-0.2, 0) is 10.0 Å². The lowest BCUT2D eigenvalue weighted by Crippen LogP contribution is -2.13. The van der Waals surface area contributed by atoms with Gasteiger partial charge in [0.2, 0.25) is 0 Å². The molecule has 0 amide bonds. The zero-order valence-corrected chi connectivity index (χ0v) is 12.5. The highest BCUT2D eigenvalue weighted by Crippen LogP contribution is 2.23. The van der Waals surface area contributed by atoms with Crippen molar-refractivity contribution in [2.45, 2.75) is 11.8 Å². The molecule has 0 atom stereocenters. The lowest BCUT2D eigenvalue weighted by molar-refractivity contribution is 0.411. The van der Waals surface area contributed by atoms with Crippen LogP contribution in [0, 0.1) is 6.92 Å². The van der Waals surface area contributed by atoms with Gasteiger partial charge in [-0.3, -0.25) is 4.72 Å². The van der Waals surface area contributed by atoms with Crippen molar-refractivity contribution in [3.63, 3.8) is 0 Å². The normalized spacial score (nSPS) is 11.2. The van der Waals surface area contributed by atoms with Crippen molar-refractivity contribution < 1.29 is 13.2 Å². The van der Waals surface area contributed by atoms with Gasteiger partial charge in [-0.15, -0.1) is 0 Å². The Morgan fingerprint density at radius 3 is 2.60 bits per heavy atom. The van der Waals surface area contributed by atoms with Crippen LogP contribution in [0.3, 0.4) is 0 Å². The first-order valence-electron chi connectivity index (χ1n) is 5.71. The quantitative estimate of drug-likeness (QED) is 0.881. The van der Waals surface area contributed by atoms with Crippen molar-refractivity contribution in [1.82, 2.24) is 4.98 Å². The van der Waals surface area contributed by atoms with Gasteiger partial charge >= 0.3 is 0 Å². The number of benzene rings is 1. The molecule has 0 aliphatic heterocycles. The molecule has 0 spiro atoms. The molecular weight excluding hydrogens is 300 g/mol. The Hall–Kier alpha value is -1.79. The van der Waals surface area contributed by atoms with E-state index >= 15 is 0 Å². The Kier molecular flexibility index (Phi) is 4.15. The Bertz CT molecular complexity index is 732. The van der Waals surface area contributed by atoms with Crippen LogP contribution in [0.1, 0.15) is 5.56 Å². The van der Waals surface area contributed by atoms with Gasteiger partial charge in [0.05, 0.1) is 17.7 Å². The van der Waals surface area contributed by atoms with Gasteiger partial charge in [-0.05, 0) is 42.8 Å². The van der Waals surface area contributed by atoms with Gasteiger partial charge in [-0.2, -0.15) is 0 Å². The molecule has 0 aliphatic rings. The molecule has 1 N–H and O–H groups in total. The van der Waals surface area contributed by atoms with Gasteiger partial charge in [0.1, 0.15) is 10.9 Å². The van der Waals surface area contributed by atoms with Crippen molar-refractivity contribution in [1.29, 1.82) is 0 Å². The number of sulfonamides is 1. The van der Waals surface area contributed by atoms with Crippen LogP contribution in [0.2, 0.25) is 5.15 Å². The molecule has 7 heteroatoms. The summed E-state index contributed by atoms with van der Waals surface area (Å²) in [5.74, 6) is 0.635. The summed E-state index contributed by atoms with van der Waals surface area (Å²) in [5, 5.41) is 0.219. The SMILES string of the molecule is COc1ccc(S(=O)(=O)Nc2ccnc(Cl)c2)cc1C. The summed E-state index contributed by atoms with van der Waals surface area (Å²) in [4.78, 5) is 3.95. The van der Waals surface area contributed by atoms with Gasteiger partial charge in [-0.25, -0.2) is 13.4 Å². The van der Waals surface area contributed by atoms with E-state index in [1.165, 1.54) is 31.5 Å². The van der Waals surface area contributed by atoms with Crippen LogP contribution >= 0.6 is 11.6 Å². The third-order valence-corrected chi connectivity index (χ3v) is 4.24. The predicted molar refractivity (Wildman–Crippen MR) is 77.8 cm³/mol. The summed E-state index contributed by atoms with van der Waals surface area (Å²) in [5.41, 5.74) is 1.10. The van der Waals surface area contributed by atoms with E-state index in [1.807, 2.05) is 0 Å². The fourth-order valence-corrected chi connectivity index (χ4v) is 3.01. The summed E-state index contributed by atoms with van der Waals surface area (Å²) < 4.78 is 32.1. The molecule has 0 radical (unpaired) electrons. The number of methoxy groups -OCH3 is 1. The van der Waals surface area contributed by atoms with Crippen molar-refractivity contribution >= 4 is 27.3 Å². The van der Waals surface area contributed by atoms with Crippen LogP contribution in [0.15, 0.2) is 41.4 Å². The van der Waals surface area contributed by atoms with Gasteiger partial charge in [0.25, 0.3) is 10.0 Å². The first kappa shape index (κ1) is 14.6. The summed E-state index contributed by atoms with van der Waals surface area (Å²) in [7, 11) is -2.13. The topological polar surface area (TPSA) is 68.3 Å². The number of pyridine rings is 1. The lowest BCUT2D eigenvalue weighted by atomic mass is 10.2. The molecule has 0 saturated heterocycles. The monoisotopic (exact) mass is 312 g/mol.